The summed E-state index contributed by atoms with van der Waals surface area (Å²) in [6.07, 6.45) is 4.51. The van der Waals surface area contributed by atoms with Crippen LogP contribution >= 0.6 is 0 Å². The van der Waals surface area contributed by atoms with Gasteiger partial charge in [0.25, 0.3) is 0 Å². The summed E-state index contributed by atoms with van der Waals surface area (Å²) in [4.78, 5) is 19.7. The summed E-state index contributed by atoms with van der Waals surface area (Å²) in [7, 11) is 1.67. The number of para-hydroxylation sites is 1. The van der Waals surface area contributed by atoms with Gasteiger partial charge in [0.05, 0.1) is 12.5 Å². The summed E-state index contributed by atoms with van der Waals surface area (Å²) in [6, 6.07) is 7.91. The number of amides is 1. The fourth-order valence-electron chi connectivity index (χ4n) is 4.83. The number of fused-ring (bicyclic) bond motifs is 1. The van der Waals surface area contributed by atoms with Gasteiger partial charge in [0.1, 0.15) is 5.75 Å². The van der Waals surface area contributed by atoms with Crippen LogP contribution in [0.4, 0.5) is 0 Å². The average molecular weight is 383 g/mol. The van der Waals surface area contributed by atoms with Crippen molar-refractivity contribution in [2.75, 3.05) is 20.2 Å². The maximum absolute atomic E-state index is 13.0. The molecule has 2 aromatic rings. The van der Waals surface area contributed by atoms with E-state index in [2.05, 4.69) is 19.0 Å². The lowest BCUT2D eigenvalue weighted by atomic mass is 9.80. The smallest absolute Gasteiger partial charge is 0.229 e. The van der Waals surface area contributed by atoms with Gasteiger partial charge < -0.3 is 14.2 Å². The number of aromatic nitrogens is 2. The Bertz CT molecular complexity index is 847. The molecule has 1 saturated heterocycles. The van der Waals surface area contributed by atoms with E-state index in [0.29, 0.717) is 31.2 Å². The number of nitrogens with zero attached hydrogens (tertiary/aromatic N) is 3. The number of likely N-dealkylation sites (tertiary alicyclic amines) is 1. The van der Waals surface area contributed by atoms with Crippen LogP contribution < -0.4 is 4.74 Å². The van der Waals surface area contributed by atoms with Crippen LogP contribution in [0.1, 0.15) is 62.7 Å². The van der Waals surface area contributed by atoms with Crippen molar-refractivity contribution in [3.8, 4) is 5.75 Å². The lowest BCUT2D eigenvalue weighted by Crippen LogP contribution is -2.35. The largest absolute Gasteiger partial charge is 0.496 e. The Hall–Kier alpha value is -2.37. The van der Waals surface area contributed by atoms with Crippen LogP contribution in [0.15, 0.2) is 28.8 Å². The van der Waals surface area contributed by atoms with Crippen LogP contribution in [-0.2, 0) is 16.6 Å². The molecule has 1 aliphatic heterocycles. The fraction of sp³-hybridized carbons (Fsp3) is 0.591. The van der Waals surface area contributed by atoms with Crippen molar-refractivity contribution < 1.29 is 14.1 Å². The van der Waals surface area contributed by atoms with Gasteiger partial charge >= 0.3 is 0 Å². The third-order valence-electron chi connectivity index (χ3n) is 6.41. The van der Waals surface area contributed by atoms with Crippen molar-refractivity contribution in [1.29, 1.82) is 0 Å². The molecule has 1 aromatic carbocycles. The van der Waals surface area contributed by atoms with Crippen molar-refractivity contribution in [2.45, 2.75) is 57.3 Å². The average Bonchev–Trinajstić information content (AvgIpc) is 3.39. The van der Waals surface area contributed by atoms with E-state index in [4.69, 9.17) is 14.2 Å². The zero-order valence-electron chi connectivity index (χ0n) is 17.0. The van der Waals surface area contributed by atoms with Gasteiger partial charge in [0.2, 0.25) is 11.8 Å². The summed E-state index contributed by atoms with van der Waals surface area (Å²) < 4.78 is 10.9. The number of carbonyl (C=O) groups excluding carboxylic acids is 1. The normalized spacial score (nSPS) is 24.0. The van der Waals surface area contributed by atoms with E-state index in [0.717, 1.165) is 36.5 Å². The van der Waals surface area contributed by atoms with Gasteiger partial charge in [-0.25, -0.2) is 0 Å². The standard InChI is InChI=1S/C22H29N3O3/c1-15(2)20-23-21(24-28-20)22-12-6-8-17(22)13-25(14-22)19(26)11-10-16-7-4-5-9-18(16)27-3/h4-5,7,9,15,17H,6,8,10-14H2,1-3H3/t17-,22-/m1/s1. The monoisotopic (exact) mass is 383 g/mol. The van der Waals surface area contributed by atoms with Gasteiger partial charge in [-0.1, -0.05) is 43.6 Å². The quantitative estimate of drug-likeness (QED) is 0.760. The van der Waals surface area contributed by atoms with E-state index < -0.39 is 0 Å². The first-order valence-corrected chi connectivity index (χ1v) is 10.3. The SMILES string of the molecule is COc1ccccc1CCC(=O)N1C[C@H]2CCC[C@@]2(c2noc(C(C)C)n2)C1. The zero-order valence-corrected chi connectivity index (χ0v) is 17.0. The van der Waals surface area contributed by atoms with E-state index in [9.17, 15) is 4.79 Å². The first kappa shape index (κ1) is 19.0. The lowest BCUT2D eigenvalue weighted by Gasteiger charge is -2.24. The van der Waals surface area contributed by atoms with Crippen LogP contribution in [0.3, 0.4) is 0 Å². The molecule has 6 heteroatoms. The molecule has 1 amide bonds. The van der Waals surface area contributed by atoms with E-state index in [1.165, 1.54) is 6.42 Å². The first-order chi connectivity index (χ1) is 13.5. The molecule has 0 unspecified atom stereocenters. The molecule has 1 saturated carbocycles. The molecule has 2 atom stereocenters. The number of hydrogen-bond acceptors (Lipinski definition) is 5. The topological polar surface area (TPSA) is 68.5 Å². The number of methoxy groups -OCH3 is 1. The van der Waals surface area contributed by atoms with Gasteiger partial charge in [-0.05, 0) is 36.8 Å². The zero-order chi connectivity index (χ0) is 19.7. The second kappa shape index (κ2) is 7.57. The van der Waals surface area contributed by atoms with Crippen molar-refractivity contribution in [1.82, 2.24) is 15.0 Å². The molecule has 28 heavy (non-hydrogen) atoms. The molecule has 0 N–H and O–H groups in total. The van der Waals surface area contributed by atoms with Crippen molar-refractivity contribution >= 4 is 5.91 Å². The minimum absolute atomic E-state index is 0.128. The number of aryl methyl sites for hydroxylation is 1. The Kier molecular flexibility index (Phi) is 5.13. The number of ether oxygens (including phenoxy) is 1. The van der Waals surface area contributed by atoms with Crippen LogP contribution in [0, 0.1) is 5.92 Å². The third-order valence-corrected chi connectivity index (χ3v) is 6.41. The second-order valence-corrected chi connectivity index (χ2v) is 8.44. The summed E-state index contributed by atoms with van der Waals surface area (Å²) in [6.45, 7) is 5.63. The number of carbonyl (C=O) groups is 1. The van der Waals surface area contributed by atoms with Crippen LogP contribution in [0.2, 0.25) is 0 Å². The van der Waals surface area contributed by atoms with Gasteiger partial charge in [-0.3, -0.25) is 4.79 Å². The second-order valence-electron chi connectivity index (χ2n) is 8.44. The van der Waals surface area contributed by atoms with Crippen molar-refractivity contribution in [3.05, 3.63) is 41.5 Å². The van der Waals surface area contributed by atoms with Gasteiger partial charge in [-0.2, -0.15) is 4.98 Å². The molecule has 150 valence electrons. The molecule has 2 heterocycles. The molecule has 1 aliphatic carbocycles. The van der Waals surface area contributed by atoms with Crippen LogP contribution in [0.25, 0.3) is 0 Å². The molecule has 4 rings (SSSR count). The minimum atomic E-state index is -0.128. The predicted octanol–water partition coefficient (Wildman–Crippen LogP) is 3.71. The summed E-state index contributed by atoms with van der Waals surface area (Å²) in [5.74, 6) is 3.19. The number of hydrogen-bond donors (Lipinski definition) is 0. The maximum atomic E-state index is 13.0. The van der Waals surface area contributed by atoms with Gasteiger partial charge in [0.15, 0.2) is 5.82 Å². The lowest BCUT2D eigenvalue weighted by molar-refractivity contribution is -0.130. The van der Waals surface area contributed by atoms with E-state index in [1.807, 2.05) is 29.2 Å². The highest BCUT2D eigenvalue weighted by molar-refractivity contribution is 5.77. The van der Waals surface area contributed by atoms with Crippen LogP contribution in [0.5, 0.6) is 5.75 Å². The first-order valence-electron chi connectivity index (χ1n) is 10.3. The van der Waals surface area contributed by atoms with Crippen LogP contribution in [-0.4, -0.2) is 41.1 Å². The molecule has 0 bridgehead atoms. The number of rotatable bonds is 6. The molecular formula is C22H29N3O3. The minimum Gasteiger partial charge on any atom is -0.496 e. The highest BCUT2D eigenvalue weighted by Gasteiger charge is 2.54. The van der Waals surface area contributed by atoms with E-state index in [-0.39, 0.29) is 17.2 Å². The van der Waals surface area contributed by atoms with Gasteiger partial charge in [-0.15, -0.1) is 0 Å². The van der Waals surface area contributed by atoms with E-state index >= 15 is 0 Å². The molecular weight excluding hydrogens is 354 g/mol. The number of benzene rings is 1. The molecule has 0 spiro atoms. The molecule has 1 aromatic heterocycles. The Morgan fingerprint density at radius 3 is 2.96 bits per heavy atom. The molecule has 6 nitrogen and oxygen atoms in total. The predicted molar refractivity (Wildman–Crippen MR) is 105 cm³/mol. The Labute approximate surface area is 166 Å². The summed E-state index contributed by atoms with van der Waals surface area (Å²) in [5, 5.41) is 4.32. The highest BCUT2D eigenvalue weighted by atomic mass is 16.5. The Morgan fingerprint density at radius 1 is 1.39 bits per heavy atom. The fourth-order valence-corrected chi connectivity index (χ4v) is 4.83. The highest BCUT2D eigenvalue weighted by Crippen LogP contribution is 2.49. The van der Waals surface area contributed by atoms with Crippen molar-refractivity contribution in [2.24, 2.45) is 5.92 Å². The summed E-state index contributed by atoms with van der Waals surface area (Å²) in [5.41, 5.74) is 0.948. The van der Waals surface area contributed by atoms with Gasteiger partial charge in [0, 0.05) is 25.4 Å². The third kappa shape index (κ3) is 3.29. The van der Waals surface area contributed by atoms with Crippen molar-refractivity contribution in [3.63, 3.8) is 0 Å². The van der Waals surface area contributed by atoms with E-state index in [1.54, 1.807) is 7.11 Å². The Balaban J connectivity index is 1.46. The Morgan fingerprint density at radius 2 is 2.21 bits per heavy atom. The molecule has 2 fully saturated rings. The molecule has 2 aliphatic rings. The summed E-state index contributed by atoms with van der Waals surface area (Å²) >= 11 is 0. The molecule has 0 radical (unpaired) electrons. The maximum Gasteiger partial charge on any atom is 0.229 e.